The van der Waals surface area contributed by atoms with Gasteiger partial charge in [0.1, 0.15) is 5.69 Å². The van der Waals surface area contributed by atoms with E-state index in [1.807, 2.05) is 0 Å². The zero-order valence-corrected chi connectivity index (χ0v) is 12.8. The average molecular weight is 304 g/mol. The molecular formula is C16H20N2O4. The molecule has 0 saturated heterocycles. The number of hydrogen-bond donors (Lipinski definition) is 1. The summed E-state index contributed by atoms with van der Waals surface area (Å²) in [4.78, 5) is 24.3. The van der Waals surface area contributed by atoms with E-state index in [9.17, 15) is 9.59 Å². The molecule has 0 aliphatic heterocycles. The van der Waals surface area contributed by atoms with Crippen LogP contribution in [0.15, 0.2) is 22.8 Å². The molecule has 6 nitrogen and oxygen atoms in total. The van der Waals surface area contributed by atoms with Crippen LogP contribution in [0.4, 0.5) is 0 Å². The van der Waals surface area contributed by atoms with Crippen LogP contribution in [0, 0.1) is 0 Å². The molecule has 1 aliphatic carbocycles. The molecule has 2 aromatic heterocycles. The lowest BCUT2D eigenvalue weighted by Crippen LogP contribution is -2.41. The highest BCUT2D eigenvalue weighted by Gasteiger charge is 2.25. The first-order valence-corrected chi connectivity index (χ1v) is 7.60. The van der Waals surface area contributed by atoms with Crippen molar-refractivity contribution >= 4 is 23.0 Å². The predicted molar refractivity (Wildman–Crippen MR) is 80.5 cm³/mol. The van der Waals surface area contributed by atoms with Crippen molar-refractivity contribution in [2.75, 3.05) is 0 Å². The van der Waals surface area contributed by atoms with Gasteiger partial charge in [0.15, 0.2) is 11.7 Å². The van der Waals surface area contributed by atoms with Crippen LogP contribution in [0.5, 0.6) is 0 Å². The molecule has 0 bridgehead atoms. The largest absolute Gasteiger partial charge is 0.463 e. The molecule has 1 unspecified atom stereocenters. The predicted octanol–water partition coefficient (Wildman–Crippen LogP) is 2.38. The number of aryl methyl sites for hydroxylation is 1. The summed E-state index contributed by atoms with van der Waals surface area (Å²) in [5.74, 6) is -0.763. The second kappa shape index (κ2) is 5.87. The van der Waals surface area contributed by atoms with E-state index in [0.717, 1.165) is 31.2 Å². The van der Waals surface area contributed by atoms with Crippen molar-refractivity contribution in [1.82, 2.24) is 9.88 Å². The number of esters is 1. The van der Waals surface area contributed by atoms with Crippen LogP contribution in [-0.4, -0.2) is 28.6 Å². The van der Waals surface area contributed by atoms with Gasteiger partial charge in [0.05, 0.1) is 11.8 Å². The molecule has 1 amide bonds. The maximum atomic E-state index is 12.2. The molecule has 0 spiro atoms. The first-order chi connectivity index (χ1) is 10.6. The highest BCUT2D eigenvalue weighted by Crippen LogP contribution is 2.21. The molecule has 22 heavy (non-hydrogen) atoms. The number of rotatable bonds is 4. The summed E-state index contributed by atoms with van der Waals surface area (Å²) < 4.78 is 12.2. The number of fused-ring (bicyclic) bond motifs is 1. The van der Waals surface area contributed by atoms with E-state index < -0.39 is 12.1 Å². The Labute approximate surface area is 128 Å². The Morgan fingerprint density at radius 2 is 2.14 bits per heavy atom. The summed E-state index contributed by atoms with van der Waals surface area (Å²) in [7, 11) is 1.76. The summed E-state index contributed by atoms with van der Waals surface area (Å²) in [6.07, 6.45) is 5.04. The number of carbonyl (C=O) groups is 2. The number of ether oxygens (including phenoxy) is 1. The molecule has 1 saturated carbocycles. The van der Waals surface area contributed by atoms with E-state index in [2.05, 4.69) is 5.32 Å². The van der Waals surface area contributed by atoms with Crippen LogP contribution in [0.25, 0.3) is 11.1 Å². The third kappa shape index (κ3) is 2.73. The smallest absolute Gasteiger partial charge is 0.355 e. The van der Waals surface area contributed by atoms with Gasteiger partial charge in [-0.1, -0.05) is 12.8 Å². The third-order valence-corrected chi connectivity index (χ3v) is 4.23. The third-order valence-electron chi connectivity index (χ3n) is 4.23. The van der Waals surface area contributed by atoms with E-state index in [1.165, 1.54) is 0 Å². The van der Waals surface area contributed by atoms with Gasteiger partial charge in [0.25, 0.3) is 5.91 Å². The van der Waals surface area contributed by atoms with Crippen LogP contribution in [-0.2, 0) is 16.6 Å². The van der Waals surface area contributed by atoms with Gasteiger partial charge in [0, 0.05) is 25.2 Å². The Bertz CT molecular complexity index is 694. The molecule has 118 valence electrons. The Kier molecular flexibility index (Phi) is 3.92. The van der Waals surface area contributed by atoms with Crippen LogP contribution in [0.3, 0.4) is 0 Å². The summed E-state index contributed by atoms with van der Waals surface area (Å²) in [6.45, 7) is 1.59. The minimum atomic E-state index is -0.811. The molecule has 1 N–H and O–H groups in total. The monoisotopic (exact) mass is 304 g/mol. The number of aromatic nitrogens is 1. The van der Waals surface area contributed by atoms with Gasteiger partial charge >= 0.3 is 5.97 Å². The molecule has 6 heteroatoms. The van der Waals surface area contributed by atoms with E-state index in [1.54, 1.807) is 36.9 Å². The van der Waals surface area contributed by atoms with Crippen molar-refractivity contribution in [2.45, 2.75) is 44.8 Å². The Balaban J connectivity index is 1.63. The summed E-state index contributed by atoms with van der Waals surface area (Å²) in [6, 6.07) is 3.62. The molecule has 0 radical (unpaired) electrons. The van der Waals surface area contributed by atoms with Crippen molar-refractivity contribution in [3.8, 4) is 0 Å². The second-order valence-corrected chi connectivity index (χ2v) is 5.80. The van der Waals surface area contributed by atoms with Gasteiger partial charge in [-0.3, -0.25) is 4.79 Å². The SMILES string of the molecule is CC(OC(=O)c1cc2occc2n1C)C(=O)NC1CCCC1. The molecule has 2 aromatic rings. The average Bonchev–Trinajstić information content (AvgIpc) is 3.18. The Hall–Kier alpha value is -2.24. The zero-order valence-electron chi connectivity index (χ0n) is 12.8. The van der Waals surface area contributed by atoms with Gasteiger partial charge < -0.3 is 19.0 Å². The standard InChI is InChI=1S/C16H20N2O4/c1-10(15(19)17-11-5-3-4-6-11)22-16(20)13-9-14-12(18(13)2)7-8-21-14/h7-11H,3-6H2,1-2H3,(H,17,19). The lowest BCUT2D eigenvalue weighted by Gasteiger charge is -2.17. The van der Waals surface area contributed by atoms with Crippen LogP contribution in [0.2, 0.25) is 0 Å². The fraction of sp³-hybridized carbons (Fsp3) is 0.500. The van der Waals surface area contributed by atoms with Gasteiger partial charge in [-0.25, -0.2) is 4.79 Å². The quantitative estimate of drug-likeness (QED) is 0.880. The lowest BCUT2D eigenvalue weighted by molar-refractivity contribution is -0.129. The first kappa shape index (κ1) is 14.7. The Morgan fingerprint density at radius 3 is 2.82 bits per heavy atom. The number of nitrogens with zero attached hydrogens (tertiary/aromatic N) is 1. The van der Waals surface area contributed by atoms with Crippen LogP contribution < -0.4 is 5.32 Å². The van der Waals surface area contributed by atoms with Gasteiger partial charge in [-0.15, -0.1) is 0 Å². The molecular weight excluding hydrogens is 284 g/mol. The normalized spacial score (nSPS) is 16.8. The Morgan fingerprint density at radius 1 is 1.41 bits per heavy atom. The van der Waals surface area contributed by atoms with Gasteiger partial charge in [-0.2, -0.15) is 0 Å². The van der Waals surface area contributed by atoms with Crippen molar-refractivity contribution in [3.63, 3.8) is 0 Å². The van der Waals surface area contributed by atoms with Crippen LogP contribution in [0.1, 0.15) is 43.1 Å². The van der Waals surface area contributed by atoms with Crippen molar-refractivity contribution in [3.05, 3.63) is 24.1 Å². The number of nitrogens with one attached hydrogen (secondary N) is 1. The van der Waals surface area contributed by atoms with Crippen LogP contribution >= 0.6 is 0 Å². The molecule has 2 heterocycles. The highest BCUT2D eigenvalue weighted by molar-refractivity contribution is 5.95. The lowest BCUT2D eigenvalue weighted by atomic mass is 10.2. The summed E-state index contributed by atoms with van der Waals surface area (Å²) in [5, 5.41) is 2.93. The molecule has 0 aromatic carbocycles. The number of hydrogen-bond acceptors (Lipinski definition) is 4. The van der Waals surface area contributed by atoms with Gasteiger partial charge in [-0.05, 0) is 19.8 Å². The minimum Gasteiger partial charge on any atom is -0.463 e. The second-order valence-electron chi connectivity index (χ2n) is 5.80. The molecule has 3 rings (SSSR count). The summed E-state index contributed by atoms with van der Waals surface area (Å²) in [5.41, 5.74) is 1.81. The topological polar surface area (TPSA) is 73.5 Å². The molecule has 1 aliphatic rings. The van der Waals surface area contributed by atoms with E-state index in [4.69, 9.17) is 9.15 Å². The van der Waals surface area contributed by atoms with E-state index in [-0.39, 0.29) is 11.9 Å². The number of carbonyl (C=O) groups excluding carboxylic acids is 2. The van der Waals surface area contributed by atoms with E-state index >= 15 is 0 Å². The zero-order chi connectivity index (χ0) is 15.7. The highest BCUT2D eigenvalue weighted by atomic mass is 16.5. The molecule has 1 fully saturated rings. The fourth-order valence-corrected chi connectivity index (χ4v) is 2.91. The van der Waals surface area contributed by atoms with Crippen molar-refractivity contribution in [1.29, 1.82) is 0 Å². The number of amides is 1. The van der Waals surface area contributed by atoms with Gasteiger partial charge in [0.2, 0.25) is 0 Å². The fourth-order valence-electron chi connectivity index (χ4n) is 2.91. The first-order valence-electron chi connectivity index (χ1n) is 7.60. The van der Waals surface area contributed by atoms with Crippen molar-refractivity contribution < 1.29 is 18.7 Å². The minimum absolute atomic E-state index is 0.214. The maximum Gasteiger partial charge on any atom is 0.355 e. The summed E-state index contributed by atoms with van der Waals surface area (Å²) >= 11 is 0. The maximum absolute atomic E-state index is 12.2. The van der Waals surface area contributed by atoms with E-state index in [0.29, 0.717) is 11.3 Å². The van der Waals surface area contributed by atoms with Crippen molar-refractivity contribution in [2.24, 2.45) is 7.05 Å². The number of furan rings is 1. The molecule has 1 atom stereocenters.